The summed E-state index contributed by atoms with van der Waals surface area (Å²) in [5.74, 6) is 0.891. The molecule has 10 aromatic rings. The highest BCUT2D eigenvalue weighted by Gasteiger charge is 2.21. The van der Waals surface area contributed by atoms with E-state index in [0.717, 1.165) is 88.3 Å². The van der Waals surface area contributed by atoms with E-state index in [-0.39, 0.29) is 29.7 Å². The minimum atomic E-state index is -0.414. The predicted molar refractivity (Wildman–Crippen MR) is 204 cm³/mol. The van der Waals surface area contributed by atoms with E-state index < -0.39 is 6.04 Å². The fraction of sp³-hybridized carbons (Fsp3) is 0.0217. The van der Waals surface area contributed by atoms with Crippen molar-refractivity contribution in [3.05, 3.63) is 169 Å². The van der Waals surface area contributed by atoms with Gasteiger partial charge in [-0.05, 0) is 104 Å². The van der Waals surface area contributed by atoms with Crippen LogP contribution in [0.5, 0.6) is 0 Å². The Morgan fingerprint density at radius 3 is 2.14 bits per heavy atom. The number of aryl methyl sites for hydroxylation is 1. The molecule has 3 nitrogen and oxygen atoms in total. The molecule has 10 rings (SSSR count). The average Bonchev–Trinajstić information content (AvgIpc) is 3.75. The highest BCUT2D eigenvalue weighted by atomic mass is 16.3. The lowest BCUT2D eigenvalue weighted by molar-refractivity contribution is 0.669. The van der Waals surface area contributed by atoms with Crippen molar-refractivity contribution in [2.75, 3.05) is 0 Å². The third kappa shape index (κ3) is 4.26. The van der Waals surface area contributed by atoms with Crippen LogP contribution in [0, 0.1) is 6.92 Å². The molecule has 0 amide bonds. The summed E-state index contributed by atoms with van der Waals surface area (Å²) in [6.45, 7) is 2.02. The van der Waals surface area contributed by atoms with Gasteiger partial charge in [-0.2, -0.15) is 0 Å². The van der Waals surface area contributed by atoms with Gasteiger partial charge in [0.05, 0.1) is 17.9 Å². The van der Waals surface area contributed by atoms with Crippen LogP contribution in [0.15, 0.2) is 168 Å². The van der Waals surface area contributed by atoms with Gasteiger partial charge >= 0.3 is 0 Å². The molecule has 2 heterocycles. The number of furan rings is 1. The van der Waals surface area contributed by atoms with Gasteiger partial charge in [-0.3, -0.25) is 4.57 Å². The summed E-state index contributed by atoms with van der Waals surface area (Å²) >= 11 is 0. The zero-order chi connectivity index (χ0) is 36.8. The zero-order valence-electron chi connectivity index (χ0n) is 31.5. The van der Waals surface area contributed by atoms with Crippen molar-refractivity contribution in [3.8, 4) is 39.1 Å². The zero-order valence-corrected chi connectivity index (χ0v) is 26.5. The van der Waals surface area contributed by atoms with E-state index in [1.807, 2.05) is 79.7 Å². The van der Waals surface area contributed by atoms with Gasteiger partial charge in [0.25, 0.3) is 0 Å². The van der Waals surface area contributed by atoms with Gasteiger partial charge in [-0.1, -0.05) is 121 Å². The third-order valence-corrected chi connectivity index (χ3v) is 9.61. The molecule has 3 heteroatoms. The molecule has 230 valence electrons. The molecule has 0 saturated heterocycles. The number of aromatic nitrogens is 2. The second kappa shape index (κ2) is 10.8. The molecule has 0 aliphatic carbocycles. The number of para-hydroxylation sites is 3. The van der Waals surface area contributed by atoms with Crippen LogP contribution in [-0.4, -0.2) is 9.55 Å². The Labute approximate surface area is 290 Å². The highest BCUT2D eigenvalue weighted by molar-refractivity contribution is 6.26. The SMILES string of the molecule is [2H]c1c([2H])c([2H])c(-c2ccc3c(-c4cccc(-n5c(C)nc6ccccc65)c4)c4ccccc4c(-c4cccc5oc6ccccc6c45)c3c2)c([2H])c1[2H]. The van der Waals surface area contributed by atoms with Gasteiger partial charge < -0.3 is 4.42 Å². The summed E-state index contributed by atoms with van der Waals surface area (Å²) in [5, 5.41) is 5.93. The first-order chi connectivity index (χ1) is 26.3. The Hall–Kier alpha value is -6.45. The van der Waals surface area contributed by atoms with Crippen LogP contribution in [-0.2, 0) is 0 Å². The van der Waals surface area contributed by atoms with Gasteiger partial charge in [-0.25, -0.2) is 4.98 Å². The van der Waals surface area contributed by atoms with Crippen LogP contribution < -0.4 is 0 Å². The van der Waals surface area contributed by atoms with Crippen molar-refractivity contribution in [1.82, 2.24) is 9.55 Å². The lowest BCUT2D eigenvalue weighted by atomic mass is 9.84. The molecule has 0 bridgehead atoms. The number of imidazole rings is 1. The first-order valence-corrected chi connectivity index (χ1v) is 16.3. The molecule has 0 aliphatic heterocycles. The normalized spacial score (nSPS) is 13.2. The maximum Gasteiger partial charge on any atom is 0.136 e. The second-order valence-corrected chi connectivity index (χ2v) is 12.4. The summed E-state index contributed by atoms with van der Waals surface area (Å²) in [5.41, 5.74) is 9.23. The third-order valence-electron chi connectivity index (χ3n) is 9.61. The van der Waals surface area contributed by atoms with E-state index >= 15 is 0 Å². The molecule has 8 aromatic carbocycles. The average molecular weight is 632 g/mol. The van der Waals surface area contributed by atoms with Gasteiger partial charge in [-0.15, -0.1) is 0 Å². The number of rotatable bonds is 4. The Morgan fingerprint density at radius 2 is 1.27 bits per heavy atom. The molecular weight excluding hydrogens is 597 g/mol. The van der Waals surface area contributed by atoms with Crippen molar-refractivity contribution in [2.45, 2.75) is 6.92 Å². The van der Waals surface area contributed by atoms with Crippen molar-refractivity contribution >= 4 is 54.5 Å². The minimum Gasteiger partial charge on any atom is -0.456 e. The fourth-order valence-corrected chi connectivity index (χ4v) is 7.59. The molecule has 2 aromatic heterocycles. The molecule has 0 unspecified atom stereocenters. The van der Waals surface area contributed by atoms with E-state index in [1.54, 1.807) is 0 Å². The number of hydrogen-bond donors (Lipinski definition) is 0. The van der Waals surface area contributed by atoms with Crippen LogP contribution in [0.1, 0.15) is 12.7 Å². The summed E-state index contributed by atoms with van der Waals surface area (Å²) < 4.78 is 51.4. The first kappa shape index (κ1) is 23.0. The maximum atomic E-state index is 8.86. The van der Waals surface area contributed by atoms with Crippen LogP contribution in [0.25, 0.3) is 93.6 Å². The Kier molecular flexibility index (Phi) is 5.06. The van der Waals surface area contributed by atoms with Crippen LogP contribution in [0.4, 0.5) is 0 Å². The molecule has 0 saturated carbocycles. The van der Waals surface area contributed by atoms with E-state index in [4.69, 9.17) is 16.3 Å². The molecule has 0 fully saturated rings. The lowest BCUT2D eigenvalue weighted by Gasteiger charge is -2.20. The van der Waals surface area contributed by atoms with Crippen molar-refractivity contribution < 1.29 is 11.3 Å². The van der Waals surface area contributed by atoms with E-state index in [2.05, 4.69) is 65.2 Å². The summed E-state index contributed by atoms with van der Waals surface area (Å²) in [4.78, 5) is 4.84. The minimum absolute atomic E-state index is 0.167. The van der Waals surface area contributed by atoms with Crippen LogP contribution in [0.3, 0.4) is 0 Å². The van der Waals surface area contributed by atoms with Gasteiger partial charge in [0, 0.05) is 16.5 Å². The quantitative estimate of drug-likeness (QED) is 0.181. The first-order valence-electron chi connectivity index (χ1n) is 18.8. The van der Waals surface area contributed by atoms with Crippen molar-refractivity contribution in [2.24, 2.45) is 0 Å². The second-order valence-electron chi connectivity index (χ2n) is 12.4. The van der Waals surface area contributed by atoms with Crippen LogP contribution >= 0.6 is 0 Å². The fourth-order valence-electron chi connectivity index (χ4n) is 7.59. The standard InChI is InChI=1S/C46H30N2O/c1-29-47-40-21-8-9-22-41(40)48(29)33-16-11-15-32(27-33)44-34-17-5-6-18-35(34)45(39-28-31(25-26-36(39)44)30-13-3-2-4-14-30)38-20-12-24-43-46(38)37-19-7-10-23-42(37)49-43/h2-28H,1H3/i2D,3D,4D,13D,14D. The van der Waals surface area contributed by atoms with E-state index in [0.29, 0.717) is 5.56 Å². The number of fused-ring (bicyclic) bond motifs is 6. The van der Waals surface area contributed by atoms with Gasteiger partial charge in [0.2, 0.25) is 0 Å². The lowest BCUT2D eigenvalue weighted by Crippen LogP contribution is -1.98. The Morgan fingerprint density at radius 1 is 0.551 bits per heavy atom. The number of hydrogen-bond acceptors (Lipinski definition) is 2. The highest BCUT2D eigenvalue weighted by Crippen LogP contribution is 2.48. The summed E-state index contributed by atoms with van der Waals surface area (Å²) in [6.07, 6.45) is 0. The topological polar surface area (TPSA) is 31.0 Å². The van der Waals surface area contributed by atoms with E-state index in [9.17, 15) is 0 Å². The molecular formula is C46H30N2O. The molecule has 0 aliphatic rings. The number of benzene rings is 8. The van der Waals surface area contributed by atoms with Crippen molar-refractivity contribution in [1.29, 1.82) is 0 Å². The van der Waals surface area contributed by atoms with Gasteiger partial charge in [0.15, 0.2) is 0 Å². The van der Waals surface area contributed by atoms with Crippen LogP contribution in [0.2, 0.25) is 0 Å². The monoisotopic (exact) mass is 631 g/mol. The predicted octanol–water partition coefficient (Wildman–Crippen LogP) is 12.5. The summed E-state index contributed by atoms with van der Waals surface area (Å²) in [6, 6.07) is 43.5. The molecule has 0 spiro atoms. The Balaban J connectivity index is 1.34. The molecule has 0 atom stereocenters. The Bertz CT molecular complexity index is 3170. The maximum absolute atomic E-state index is 8.86. The largest absolute Gasteiger partial charge is 0.456 e. The number of nitrogens with zero attached hydrogens (tertiary/aromatic N) is 2. The molecule has 0 radical (unpaired) electrons. The van der Waals surface area contributed by atoms with E-state index in [1.165, 1.54) is 0 Å². The van der Waals surface area contributed by atoms with Gasteiger partial charge in [0.1, 0.15) is 17.0 Å². The smallest absolute Gasteiger partial charge is 0.136 e. The van der Waals surface area contributed by atoms with Crippen molar-refractivity contribution in [3.63, 3.8) is 0 Å². The summed E-state index contributed by atoms with van der Waals surface area (Å²) in [7, 11) is 0. The molecule has 0 N–H and O–H groups in total. The molecule has 49 heavy (non-hydrogen) atoms.